The Bertz CT molecular complexity index is 1260. The Hall–Kier alpha value is -3.39. The molecule has 1 N–H and O–H groups in total. The third-order valence-corrected chi connectivity index (χ3v) is 6.81. The van der Waals surface area contributed by atoms with Gasteiger partial charge in [0.05, 0.1) is 17.6 Å². The molecule has 2 bridgehead atoms. The number of fused-ring (bicyclic) bond motifs is 3. The summed E-state index contributed by atoms with van der Waals surface area (Å²) >= 11 is 5.92. The van der Waals surface area contributed by atoms with E-state index in [1.54, 1.807) is 19.2 Å². The number of nitrogens with zero attached hydrogens (tertiary/aromatic N) is 3. The molecule has 3 atom stereocenters. The number of ether oxygens (including phenoxy) is 2. The molecule has 9 heteroatoms. The minimum atomic E-state index is -0.491. The van der Waals surface area contributed by atoms with Gasteiger partial charge in [0, 0.05) is 42.1 Å². The molecule has 2 fully saturated rings. The second-order valence-electron chi connectivity index (χ2n) is 8.54. The maximum absolute atomic E-state index is 13.6. The predicted octanol–water partition coefficient (Wildman–Crippen LogP) is 5.26. The number of nitrogens with one attached hydrogen (secondary N) is 1. The Morgan fingerprint density at radius 1 is 1.21 bits per heavy atom. The van der Waals surface area contributed by atoms with Crippen LogP contribution in [0.3, 0.4) is 0 Å². The highest BCUT2D eigenvalue weighted by Crippen LogP contribution is 2.40. The molecule has 176 valence electrons. The van der Waals surface area contributed by atoms with E-state index in [2.05, 4.69) is 21.9 Å². The number of aromatic nitrogens is 2. The summed E-state index contributed by atoms with van der Waals surface area (Å²) in [5.41, 5.74) is 1.27. The second kappa shape index (κ2) is 9.10. The van der Waals surface area contributed by atoms with Crippen molar-refractivity contribution < 1.29 is 18.7 Å². The molecule has 5 rings (SSSR count). The number of rotatable bonds is 6. The van der Waals surface area contributed by atoms with Crippen LogP contribution in [0.15, 0.2) is 49.3 Å². The number of carbonyl (C=O) groups is 1. The fraction of sp³-hybridized carbons (Fsp3) is 0.320. The minimum absolute atomic E-state index is 0.0111. The van der Waals surface area contributed by atoms with E-state index >= 15 is 0 Å². The van der Waals surface area contributed by atoms with E-state index in [0.717, 1.165) is 31.1 Å². The van der Waals surface area contributed by atoms with Gasteiger partial charge in [0.2, 0.25) is 5.91 Å². The van der Waals surface area contributed by atoms with Gasteiger partial charge < -0.3 is 19.7 Å². The molecule has 1 aromatic heterocycles. The first-order chi connectivity index (χ1) is 16.5. The van der Waals surface area contributed by atoms with Gasteiger partial charge in [-0.2, -0.15) is 0 Å². The third-order valence-electron chi connectivity index (χ3n) is 6.52. The predicted molar refractivity (Wildman–Crippen MR) is 128 cm³/mol. The van der Waals surface area contributed by atoms with Crippen molar-refractivity contribution in [1.29, 1.82) is 0 Å². The van der Waals surface area contributed by atoms with E-state index in [1.165, 1.54) is 24.5 Å². The number of carbonyl (C=O) groups excluding carboxylic acids is 1. The zero-order chi connectivity index (χ0) is 23.8. The molecular formula is C25H24ClFN4O3. The lowest BCUT2D eigenvalue weighted by molar-refractivity contribution is -0.131. The number of hydrogen-bond acceptors (Lipinski definition) is 6. The zero-order valence-corrected chi connectivity index (χ0v) is 19.4. The van der Waals surface area contributed by atoms with Gasteiger partial charge in [-0.15, -0.1) is 0 Å². The van der Waals surface area contributed by atoms with Gasteiger partial charge in [0.15, 0.2) is 11.5 Å². The van der Waals surface area contributed by atoms with Crippen LogP contribution in [0, 0.1) is 5.82 Å². The summed E-state index contributed by atoms with van der Waals surface area (Å²) in [5, 5.41) is 3.92. The standard InChI is InChI=1S/C25H24ClFN4O3/c1-3-24(32)31-15-5-6-16(31)10-17(9-15)34-23-11-18-21(12-22(23)33-2)28-13-29-25(18)30-14-4-7-20(27)19(26)8-14/h3-4,7-8,11-13,15-17H,1,5-6,9-10H2,2H3,(H,28,29,30)/t15-,16+,17-. The van der Waals surface area contributed by atoms with Crippen molar-refractivity contribution in [2.24, 2.45) is 0 Å². The van der Waals surface area contributed by atoms with Gasteiger partial charge in [-0.3, -0.25) is 4.79 Å². The molecule has 0 aliphatic carbocycles. The number of amides is 1. The highest BCUT2D eigenvalue weighted by molar-refractivity contribution is 6.31. The molecule has 2 aliphatic heterocycles. The van der Waals surface area contributed by atoms with Crippen molar-refractivity contribution in [3.05, 3.63) is 60.2 Å². The molecule has 0 radical (unpaired) electrons. The van der Waals surface area contributed by atoms with Crippen LogP contribution >= 0.6 is 11.6 Å². The summed E-state index contributed by atoms with van der Waals surface area (Å²) in [6.07, 6.45) is 6.24. The molecule has 3 heterocycles. The Balaban J connectivity index is 1.43. The first-order valence-electron chi connectivity index (χ1n) is 11.1. The van der Waals surface area contributed by atoms with Crippen LogP contribution in [0.2, 0.25) is 5.02 Å². The van der Waals surface area contributed by atoms with E-state index < -0.39 is 5.82 Å². The number of anilines is 2. The smallest absolute Gasteiger partial charge is 0.246 e. The number of benzene rings is 2. The van der Waals surface area contributed by atoms with Crippen LogP contribution in [0.5, 0.6) is 11.5 Å². The molecular weight excluding hydrogens is 459 g/mol. The third kappa shape index (κ3) is 4.14. The normalized spacial score (nSPS) is 21.4. The van der Waals surface area contributed by atoms with Gasteiger partial charge in [0.25, 0.3) is 0 Å². The molecule has 2 aromatic carbocycles. The fourth-order valence-corrected chi connectivity index (χ4v) is 5.17. The monoisotopic (exact) mass is 482 g/mol. The van der Waals surface area contributed by atoms with Gasteiger partial charge in [-0.25, -0.2) is 14.4 Å². The average Bonchev–Trinajstić information content (AvgIpc) is 3.11. The lowest BCUT2D eigenvalue weighted by Crippen LogP contribution is -2.48. The van der Waals surface area contributed by atoms with E-state index in [9.17, 15) is 9.18 Å². The van der Waals surface area contributed by atoms with Crippen LogP contribution in [0.4, 0.5) is 15.9 Å². The largest absolute Gasteiger partial charge is 0.493 e. The van der Waals surface area contributed by atoms with Crippen molar-refractivity contribution >= 4 is 39.9 Å². The van der Waals surface area contributed by atoms with Crippen molar-refractivity contribution in [3.8, 4) is 11.5 Å². The van der Waals surface area contributed by atoms with Crippen LogP contribution in [-0.2, 0) is 4.79 Å². The van der Waals surface area contributed by atoms with E-state index in [1.807, 2.05) is 11.0 Å². The van der Waals surface area contributed by atoms with Gasteiger partial charge >= 0.3 is 0 Å². The summed E-state index contributed by atoms with van der Waals surface area (Å²) in [5.74, 6) is 1.18. The van der Waals surface area contributed by atoms with Crippen LogP contribution in [0.25, 0.3) is 10.9 Å². The summed E-state index contributed by atoms with van der Waals surface area (Å²) in [6.45, 7) is 3.64. The van der Waals surface area contributed by atoms with E-state index in [-0.39, 0.29) is 29.1 Å². The summed E-state index contributed by atoms with van der Waals surface area (Å²) in [7, 11) is 1.59. The molecule has 2 aliphatic rings. The summed E-state index contributed by atoms with van der Waals surface area (Å²) < 4.78 is 25.6. The Morgan fingerprint density at radius 3 is 2.65 bits per heavy atom. The lowest BCUT2D eigenvalue weighted by atomic mass is 9.99. The average molecular weight is 483 g/mol. The van der Waals surface area contributed by atoms with Crippen LogP contribution in [-0.4, -0.2) is 46.1 Å². The molecule has 0 unspecified atom stereocenters. The quantitative estimate of drug-likeness (QED) is 0.483. The Kier molecular flexibility index (Phi) is 6.00. The zero-order valence-electron chi connectivity index (χ0n) is 18.6. The molecule has 34 heavy (non-hydrogen) atoms. The molecule has 7 nitrogen and oxygen atoms in total. The molecule has 0 saturated carbocycles. The summed E-state index contributed by atoms with van der Waals surface area (Å²) in [4.78, 5) is 22.9. The topological polar surface area (TPSA) is 76.6 Å². The molecule has 3 aromatic rings. The van der Waals surface area contributed by atoms with E-state index in [4.69, 9.17) is 21.1 Å². The second-order valence-corrected chi connectivity index (χ2v) is 8.95. The summed E-state index contributed by atoms with van der Waals surface area (Å²) in [6, 6.07) is 8.35. The lowest BCUT2D eigenvalue weighted by Gasteiger charge is -2.38. The highest BCUT2D eigenvalue weighted by Gasteiger charge is 2.43. The van der Waals surface area contributed by atoms with Crippen LogP contribution in [0.1, 0.15) is 25.7 Å². The molecule has 1 amide bonds. The van der Waals surface area contributed by atoms with E-state index in [0.29, 0.717) is 28.5 Å². The first kappa shape index (κ1) is 22.4. The fourth-order valence-electron chi connectivity index (χ4n) is 4.99. The molecule has 0 spiro atoms. The SMILES string of the molecule is C=CC(=O)N1[C@@H]2CC[C@H]1C[C@H](Oc1cc3c(Nc4ccc(F)c(Cl)c4)ncnc3cc1OC)C2. The van der Waals surface area contributed by atoms with Gasteiger partial charge in [-0.05, 0) is 43.2 Å². The number of halogens is 2. The Morgan fingerprint density at radius 2 is 1.97 bits per heavy atom. The van der Waals surface area contributed by atoms with Crippen molar-refractivity contribution in [2.75, 3.05) is 12.4 Å². The van der Waals surface area contributed by atoms with Crippen molar-refractivity contribution in [1.82, 2.24) is 14.9 Å². The first-order valence-corrected chi connectivity index (χ1v) is 11.5. The van der Waals surface area contributed by atoms with Gasteiger partial charge in [-0.1, -0.05) is 18.2 Å². The van der Waals surface area contributed by atoms with Gasteiger partial charge in [0.1, 0.15) is 24.1 Å². The molecule has 2 saturated heterocycles. The number of piperidine rings is 1. The minimum Gasteiger partial charge on any atom is -0.493 e. The van der Waals surface area contributed by atoms with Crippen molar-refractivity contribution in [3.63, 3.8) is 0 Å². The Labute approximate surface area is 201 Å². The maximum Gasteiger partial charge on any atom is 0.246 e. The number of hydrogen-bond donors (Lipinski definition) is 1. The number of methoxy groups -OCH3 is 1. The maximum atomic E-state index is 13.6. The highest BCUT2D eigenvalue weighted by atomic mass is 35.5. The van der Waals surface area contributed by atoms with Crippen LogP contribution < -0.4 is 14.8 Å². The van der Waals surface area contributed by atoms with Crippen molar-refractivity contribution in [2.45, 2.75) is 43.9 Å².